The number of carbonyl (C=O) groups excluding carboxylic acids is 2. The van der Waals surface area contributed by atoms with Crippen LogP contribution >= 0.6 is 0 Å². The van der Waals surface area contributed by atoms with E-state index in [1.54, 1.807) is 23.3 Å². The summed E-state index contributed by atoms with van der Waals surface area (Å²) in [4.78, 5) is 26.2. The molecule has 1 aromatic heterocycles. The maximum Gasteiger partial charge on any atom is 0.318 e. The molecule has 3 amide bonds. The van der Waals surface area contributed by atoms with E-state index in [1.165, 1.54) is 0 Å². The third kappa shape index (κ3) is 4.49. The van der Waals surface area contributed by atoms with Gasteiger partial charge in [0.2, 0.25) is 5.91 Å². The van der Waals surface area contributed by atoms with Crippen molar-refractivity contribution < 1.29 is 18.7 Å². The van der Waals surface area contributed by atoms with Crippen LogP contribution in [-0.2, 0) is 16.1 Å². The number of rotatable bonds is 5. The monoisotopic (exact) mass is 309 g/mol. The van der Waals surface area contributed by atoms with Crippen LogP contribution in [0.5, 0.6) is 0 Å². The highest BCUT2D eigenvalue weighted by atomic mass is 16.5. The third-order valence-corrected chi connectivity index (χ3v) is 3.54. The molecule has 0 bridgehead atoms. The summed E-state index contributed by atoms with van der Waals surface area (Å²) < 4.78 is 10.4. The van der Waals surface area contributed by atoms with Crippen molar-refractivity contribution in [3.05, 3.63) is 24.2 Å². The van der Waals surface area contributed by atoms with Gasteiger partial charge in [0.25, 0.3) is 0 Å². The summed E-state index contributed by atoms with van der Waals surface area (Å²) in [5.41, 5.74) is 0. The Balaban J connectivity index is 1.87. The summed E-state index contributed by atoms with van der Waals surface area (Å²) in [7, 11) is 0. The number of ether oxygens (including phenoxy) is 1. The Morgan fingerprint density at radius 1 is 1.32 bits per heavy atom. The summed E-state index contributed by atoms with van der Waals surface area (Å²) in [5, 5.41) is 5.59. The van der Waals surface area contributed by atoms with Crippen molar-refractivity contribution >= 4 is 11.9 Å². The van der Waals surface area contributed by atoms with E-state index in [0.717, 1.165) is 0 Å². The van der Waals surface area contributed by atoms with Gasteiger partial charge in [0.05, 0.1) is 26.0 Å². The second-order valence-corrected chi connectivity index (χ2v) is 5.57. The Morgan fingerprint density at radius 3 is 2.64 bits per heavy atom. The van der Waals surface area contributed by atoms with Gasteiger partial charge in [-0.05, 0) is 18.1 Å². The summed E-state index contributed by atoms with van der Waals surface area (Å²) in [5.74, 6) is 0.449. The molecule has 22 heavy (non-hydrogen) atoms. The topological polar surface area (TPSA) is 83.8 Å². The van der Waals surface area contributed by atoms with E-state index in [0.29, 0.717) is 38.6 Å². The van der Waals surface area contributed by atoms with E-state index in [2.05, 4.69) is 10.6 Å². The normalized spacial score (nSPS) is 16.4. The van der Waals surface area contributed by atoms with Gasteiger partial charge in [-0.2, -0.15) is 0 Å². The molecule has 2 N–H and O–H groups in total. The molecular formula is C15H23N3O4. The first-order valence-corrected chi connectivity index (χ1v) is 7.51. The molecule has 1 aliphatic rings. The lowest BCUT2D eigenvalue weighted by molar-refractivity contribution is -0.124. The van der Waals surface area contributed by atoms with Gasteiger partial charge >= 0.3 is 6.03 Å². The molecule has 0 radical (unpaired) electrons. The average Bonchev–Trinajstić information content (AvgIpc) is 3.04. The highest BCUT2D eigenvalue weighted by Crippen LogP contribution is 2.06. The van der Waals surface area contributed by atoms with E-state index in [-0.39, 0.29) is 17.9 Å². The van der Waals surface area contributed by atoms with Crippen molar-refractivity contribution in [2.24, 2.45) is 5.92 Å². The molecule has 2 heterocycles. The summed E-state index contributed by atoms with van der Waals surface area (Å²) in [6, 6.07) is 2.75. The molecule has 0 unspecified atom stereocenters. The smallest absolute Gasteiger partial charge is 0.318 e. The number of carbonyl (C=O) groups is 2. The number of furan rings is 1. The van der Waals surface area contributed by atoms with Gasteiger partial charge in [0, 0.05) is 13.1 Å². The summed E-state index contributed by atoms with van der Waals surface area (Å²) >= 11 is 0. The van der Waals surface area contributed by atoms with E-state index in [9.17, 15) is 9.59 Å². The van der Waals surface area contributed by atoms with Crippen LogP contribution in [0.15, 0.2) is 22.8 Å². The Labute approximate surface area is 130 Å². The van der Waals surface area contributed by atoms with Crippen LogP contribution in [0.1, 0.15) is 19.6 Å². The van der Waals surface area contributed by atoms with Gasteiger partial charge in [-0.25, -0.2) is 4.79 Å². The molecule has 0 aliphatic carbocycles. The zero-order chi connectivity index (χ0) is 15.9. The molecule has 7 nitrogen and oxygen atoms in total. The predicted octanol–water partition coefficient (Wildman–Crippen LogP) is 0.962. The first-order valence-electron chi connectivity index (χ1n) is 7.51. The van der Waals surface area contributed by atoms with Gasteiger partial charge < -0.3 is 24.7 Å². The van der Waals surface area contributed by atoms with Crippen molar-refractivity contribution in [1.82, 2.24) is 15.5 Å². The Hall–Kier alpha value is -2.02. The van der Waals surface area contributed by atoms with Crippen LogP contribution in [0, 0.1) is 5.92 Å². The van der Waals surface area contributed by atoms with Crippen molar-refractivity contribution in [1.29, 1.82) is 0 Å². The van der Waals surface area contributed by atoms with Gasteiger partial charge in [-0.3, -0.25) is 4.79 Å². The van der Waals surface area contributed by atoms with Crippen molar-refractivity contribution in [3.63, 3.8) is 0 Å². The van der Waals surface area contributed by atoms with Crippen LogP contribution in [0.25, 0.3) is 0 Å². The van der Waals surface area contributed by atoms with Crippen LogP contribution in [0.3, 0.4) is 0 Å². The number of morpholine rings is 1. The van der Waals surface area contributed by atoms with Crippen LogP contribution in [0.2, 0.25) is 0 Å². The second kappa shape index (κ2) is 7.84. The molecule has 7 heteroatoms. The Morgan fingerprint density at radius 2 is 2.05 bits per heavy atom. The lowest BCUT2D eigenvalue weighted by Gasteiger charge is -2.30. The summed E-state index contributed by atoms with van der Waals surface area (Å²) in [6.45, 7) is 6.26. The first kappa shape index (κ1) is 16.4. The van der Waals surface area contributed by atoms with Gasteiger partial charge in [-0.1, -0.05) is 13.8 Å². The first-order chi connectivity index (χ1) is 10.6. The van der Waals surface area contributed by atoms with Gasteiger partial charge in [0.1, 0.15) is 11.8 Å². The molecule has 0 saturated carbocycles. The largest absolute Gasteiger partial charge is 0.467 e. The average molecular weight is 309 g/mol. The Kier molecular flexibility index (Phi) is 5.83. The number of hydrogen-bond donors (Lipinski definition) is 2. The fraction of sp³-hybridized carbons (Fsp3) is 0.600. The molecule has 1 aromatic rings. The number of urea groups is 1. The molecule has 1 saturated heterocycles. The molecule has 1 atom stereocenters. The van der Waals surface area contributed by atoms with Crippen molar-refractivity contribution in [3.8, 4) is 0 Å². The minimum atomic E-state index is -0.578. The maximum atomic E-state index is 12.3. The standard InChI is InChI=1S/C15H23N3O4/c1-11(2)13(14(19)16-10-12-4-3-7-22-12)17-15(20)18-5-8-21-9-6-18/h3-4,7,11,13H,5-6,8-10H2,1-2H3,(H,16,19)(H,17,20)/t13-/m0/s1. The van der Waals surface area contributed by atoms with E-state index in [4.69, 9.17) is 9.15 Å². The van der Waals surface area contributed by atoms with Crippen LogP contribution < -0.4 is 10.6 Å². The summed E-state index contributed by atoms with van der Waals surface area (Å²) in [6.07, 6.45) is 1.56. The van der Waals surface area contributed by atoms with E-state index < -0.39 is 6.04 Å². The molecule has 122 valence electrons. The van der Waals surface area contributed by atoms with Crippen LogP contribution in [-0.4, -0.2) is 49.2 Å². The number of nitrogens with one attached hydrogen (secondary N) is 2. The highest BCUT2D eigenvalue weighted by Gasteiger charge is 2.27. The predicted molar refractivity (Wildman–Crippen MR) is 80.1 cm³/mol. The lowest BCUT2D eigenvalue weighted by Crippen LogP contribution is -2.55. The van der Waals surface area contributed by atoms with E-state index in [1.807, 2.05) is 13.8 Å². The molecule has 2 rings (SSSR count). The Bertz CT molecular complexity index is 481. The molecule has 1 fully saturated rings. The van der Waals surface area contributed by atoms with Crippen molar-refractivity contribution in [2.45, 2.75) is 26.4 Å². The van der Waals surface area contributed by atoms with Crippen molar-refractivity contribution in [2.75, 3.05) is 26.3 Å². The maximum absolute atomic E-state index is 12.3. The SMILES string of the molecule is CC(C)[C@H](NC(=O)N1CCOCC1)C(=O)NCc1ccco1. The molecule has 0 spiro atoms. The molecule has 1 aliphatic heterocycles. The zero-order valence-corrected chi connectivity index (χ0v) is 13.0. The quantitative estimate of drug-likeness (QED) is 0.848. The van der Waals surface area contributed by atoms with E-state index >= 15 is 0 Å². The number of hydrogen-bond acceptors (Lipinski definition) is 4. The molecule has 0 aromatic carbocycles. The second-order valence-electron chi connectivity index (χ2n) is 5.57. The van der Waals surface area contributed by atoms with Crippen LogP contribution in [0.4, 0.5) is 4.79 Å². The third-order valence-electron chi connectivity index (χ3n) is 3.54. The molecular weight excluding hydrogens is 286 g/mol. The minimum Gasteiger partial charge on any atom is -0.467 e. The van der Waals surface area contributed by atoms with Gasteiger partial charge in [-0.15, -0.1) is 0 Å². The minimum absolute atomic E-state index is 0.0124. The number of amides is 3. The number of nitrogens with zero attached hydrogens (tertiary/aromatic N) is 1. The highest BCUT2D eigenvalue weighted by molar-refractivity contribution is 5.87. The fourth-order valence-corrected chi connectivity index (χ4v) is 2.22. The zero-order valence-electron chi connectivity index (χ0n) is 13.0. The fourth-order valence-electron chi connectivity index (χ4n) is 2.22. The van der Waals surface area contributed by atoms with Gasteiger partial charge in [0.15, 0.2) is 0 Å². The lowest BCUT2D eigenvalue weighted by atomic mass is 10.0.